The van der Waals surface area contributed by atoms with Crippen molar-refractivity contribution >= 4 is 23.5 Å². The maximum Gasteiger partial charge on any atom is 0.309 e. The molecule has 0 radical (unpaired) electrons. The highest BCUT2D eigenvalue weighted by molar-refractivity contribution is 5.95. The van der Waals surface area contributed by atoms with Crippen LogP contribution < -0.4 is 10.6 Å². The Balaban J connectivity index is 1.93. The first-order valence-corrected chi connectivity index (χ1v) is 9.68. The highest BCUT2D eigenvalue weighted by Gasteiger charge is 2.22. The Hall–Kier alpha value is -3.15. The van der Waals surface area contributed by atoms with Crippen LogP contribution in [0.2, 0.25) is 0 Å². The third-order valence-corrected chi connectivity index (χ3v) is 4.47. The van der Waals surface area contributed by atoms with Gasteiger partial charge in [0.05, 0.1) is 12.5 Å². The molecule has 0 heterocycles. The number of nitrogens with one attached hydrogen (secondary N) is 2. The third-order valence-electron chi connectivity index (χ3n) is 4.47. The van der Waals surface area contributed by atoms with E-state index >= 15 is 0 Å². The molecular formula is C23H28N2O4. The normalized spacial score (nSPS) is 12.7. The van der Waals surface area contributed by atoms with E-state index in [1.54, 1.807) is 0 Å². The molecule has 29 heavy (non-hydrogen) atoms. The van der Waals surface area contributed by atoms with E-state index in [1.807, 2.05) is 54.6 Å². The lowest BCUT2D eigenvalue weighted by atomic mass is 10.0. The lowest BCUT2D eigenvalue weighted by Crippen LogP contribution is -2.33. The van der Waals surface area contributed by atoms with Gasteiger partial charge in [-0.2, -0.15) is 0 Å². The molecule has 2 aromatic rings. The molecule has 2 atom stereocenters. The number of benzene rings is 2. The van der Waals surface area contributed by atoms with Crippen molar-refractivity contribution in [3.05, 3.63) is 65.7 Å². The molecule has 154 valence electrons. The van der Waals surface area contributed by atoms with Gasteiger partial charge in [-0.05, 0) is 36.1 Å². The summed E-state index contributed by atoms with van der Waals surface area (Å²) in [5.41, 5.74) is 2.61. The average molecular weight is 396 g/mol. The summed E-state index contributed by atoms with van der Waals surface area (Å²) in [6.07, 6.45) is -1.02. The van der Waals surface area contributed by atoms with E-state index < -0.39 is 24.0 Å². The van der Waals surface area contributed by atoms with Crippen LogP contribution >= 0.6 is 0 Å². The Bertz CT molecular complexity index is 832. The molecule has 0 aromatic heterocycles. The summed E-state index contributed by atoms with van der Waals surface area (Å²) < 4.78 is 5.28. The fourth-order valence-corrected chi connectivity index (χ4v) is 2.84. The summed E-state index contributed by atoms with van der Waals surface area (Å²) in [6.45, 7) is 7.10. The zero-order chi connectivity index (χ0) is 21.4. The predicted molar refractivity (Wildman–Crippen MR) is 112 cm³/mol. The molecule has 0 bridgehead atoms. The molecule has 0 aliphatic heterocycles. The maximum absolute atomic E-state index is 12.3. The van der Waals surface area contributed by atoms with Crippen LogP contribution in [0.4, 0.5) is 5.69 Å². The van der Waals surface area contributed by atoms with E-state index in [1.165, 1.54) is 19.4 Å². The Morgan fingerprint density at radius 3 is 2.07 bits per heavy atom. The van der Waals surface area contributed by atoms with E-state index in [4.69, 9.17) is 4.74 Å². The van der Waals surface area contributed by atoms with E-state index in [0.717, 1.165) is 5.56 Å². The fourth-order valence-electron chi connectivity index (χ4n) is 2.84. The summed E-state index contributed by atoms with van der Waals surface area (Å²) in [6, 6.07) is 16.2. The van der Waals surface area contributed by atoms with Crippen LogP contribution in [0.1, 0.15) is 57.2 Å². The van der Waals surface area contributed by atoms with Crippen LogP contribution in [-0.2, 0) is 19.1 Å². The Kier molecular flexibility index (Phi) is 7.95. The van der Waals surface area contributed by atoms with Crippen LogP contribution in [0.5, 0.6) is 0 Å². The molecule has 2 rings (SSSR count). The van der Waals surface area contributed by atoms with E-state index in [0.29, 0.717) is 11.6 Å². The van der Waals surface area contributed by atoms with Crippen molar-refractivity contribution in [1.29, 1.82) is 0 Å². The molecule has 0 spiro atoms. The zero-order valence-electron chi connectivity index (χ0n) is 17.3. The van der Waals surface area contributed by atoms with E-state index in [-0.39, 0.29) is 12.3 Å². The number of hydrogen-bond acceptors (Lipinski definition) is 4. The molecule has 2 aromatic carbocycles. The number of carbonyl (C=O) groups is 3. The van der Waals surface area contributed by atoms with Crippen LogP contribution in [0.15, 0.2) is 54.6 Å². The van der Waals surface area contributed by atoms with Gasteiger partial charge in [0.15, 0.2) is 6.10 Å². The Morgan fingerprint density at radius 1 is 0.897 bits per heavy atom. The van der Waals surface area contributed by atoms with Gasteiger partial charge in [0.25, 0.3) is 5.91 Å². The van der Waals surface area contributed by atoms with E-state index in [2.05, 4.69) is 24.5 Å². The van der Waals surface area contributed by atoms with Crippen molar-refractivity contribution in [2.45, 2.75) is 52.2 Å². The number of amides is 2. The molecule has 0 saturated heterocycles. The molecule has 0 saturated carbocycles. The molecule has 2 N–H and O–H groups in total. The molecular weight excluding hydrogens is 368 g/mol. The maximum atomic E-state index is 12.3. The third kappa shape index (κ3) is 7.07. The van der Waals surface area contributed by atoms with Gasteiger partial charge in [-0.25, -0.2) is 0 Å². The minimum Gasteiger partial charge on any atom is -0.452 e. The van der Waals surface area contributed by atoms with Crippen molar-refractivity contribution in [3.63, 3.8) is 0 Å². The minimum atomic E-state index is -0.957. The van der Waals surface area contributed by atoms with Gasteiger partial charge in [0.2, 0.25) is 5.91 Å². The first kappa shape index (κ1) is 22.1. The van der Waals surface area contributed by atoms with Crippen molar-refractivity contribution in [3.8, 4) is 0 Å². The van der Waals surface area contributed by atoms with Crippen molar-refractivity contribution in [1.82, 2.24) is 5.32 Å². The molecule has 0 unspecified atom stereocenters. The standard InChI is InChI=1S/C23H28N2O4/c1-15(2)18-10-12-20(13-11-18)25-23(28)16(3)29-22(27)14-21(24-17(4)26)19-8-6-5-7-9-19/h5-13,15-16,21H,14H2,1-4H3,(H,24,26)(H,25,28)/t16-,21+/m0/s1. The van der Waals surface area contributed by atoms with Gasteiger partial charge in [0, 0.05) is 12.6 Å². The minimum absolute atomic E-state index is 0.0652. The summed E-state index contributed by atoms with van der Waals surface area (Å²) in [4.78, 5) is 36.2. The van der Waals surface area contributed by atoms with Crippen LogP contribution in [0.25, 0.3) is 0 Å². The number of rotatable bonds is 8. The number of anilines is 1. The zero-order valence-corrected chi connectivity index (χ0v) is 17.3. The lowest BCUT2D eigenvalue weighted by molar-refractivity contribution is -0.153. The second kappa shape index (κ2) is 10.4. The fraction of sp³-hybridized carbons (Fsp3) is 0.348. The first-order valence-electron chi connectivity index (χ1n) is 9.68. The smallest absolute Gasteiger partial charge is 0.309 e. The highest BCUT2D eigenvalue weighted by atomic mass is 16.5. The van der Waals surface area contributed by atoms with Gasteiger partial charge in [-0.15, -0.1) is 0 Å². The van der Waals surface area contributed by atoms with Crippen LogP contribution in [0.3, 0.4) is 0 Å². The van der Waals surface area contributed by atoms with Gasteiger partial charge in [0.1, 0.15) is 0 Å². The number of carbonyl (C=O) groups excluding carboxylic acids is 3. The van der Waals surface area contributed by atoms with Crippen LogP contribution in [0, 0.1) is 0 Å². The average Bonchev–Trinajstić information content (AvgIpc) is 2.68. The van der Waals surface area contributed by atoms with E-state index in [9.17, 15) is 14.4 Å². The van der Waals surface area contributed by atoms with Gasteiger partial charge < -0.3 is 15.4 Å². The number of ether oxygens (including phenoxy) is 1. The summed E-state index contributed by atoms with van der Waals surface area (Å²) in [5.74, 6) is -0.820. The summed E-state index contributed by atoms with van der Waals surface area (Å²) >= 11 is 0. The second-order valence-electron chi connectivity index (χ2n) is 7.27. The van der Waals surface area contributed by atoms with Gasteiger partial charge in [-0.3, -0.25) is 14.4 Å². The number of hydrogen-bond donors (Lipinski definition) is 2. The highest BCUT2D eigenvalue weighted by Crippen LogP contribution is 2.19. The molecule has 2 amide bonds. The molecule has 0 aliphatic rings. The van der Waals surface area contributed by atoms with Gasteiger partial charge >= 0.3 is 5.97 Å². The summed E-state index contributed by atoms with van der Waals surface area (Å²) in [7, 11) is 0. The Labute approximate surface area is 171 Å². The lowest BCUT2D eigenvalue weighted by Gasteiger charge is -2.19. The van der Waals surface area contributed by atoms with Crippen LogP contribution in [-0.4, -0.2) is 23.9 Å². The molecule has 0 fully saturated rings. The second-order valence-corrected chi connectivity index (χ2v) is 7.27. The molecule has 0 aliphatic carbocycles. The van der Waals surface area contributed by atoms with Crippen molar-refractivity contribution in [2.24, 2.45) is 0 Å². The molecule has 6 nitrogen and oxygen atoms in total. The molecule has 6 heteroatoms. The summed E-state index contributed by atoms with van der Waals surface area (Å²) in [5, 5.41) is 5.49. The monoisotopic (exact) mass is 396 g/mol. The number of esters is 1. The van der Waals surface area contributed by atoms with Crippen molar-refractivity contribution < 1.29 is 19.1 Å². The quantitative estimate of drug-likeness (QED) is 0.662. The SMILES string of the molecule is CC(=O)N[C@H](CC(=O)O[C@@H](C)C(=O)Nc1ccc(C(C)C)cc1)c1ccccc1. The largest absolute Gasteiger partial charge is 0.452 e. The predicted octanol–water partition coefficient (Wildman–Crippen LogP) is 3.95. The van der Waals surface area contributed by atoms with Gasteiger partial charge in [-0.1, -0.05) is 56.3 Å². The first-order chi connectivity index (χ1) is 13.8. The van der Waals surface area contributed by atoms with Crippen molar-refractivity contribution in [2.75, 3.05) is 5.32 Å². The Morgan fingerprint density at radius 2 is 1.52 bits per heavy atom. The topological polar surface area (TPSA) is 84.5 Å².